The van der Waals surface area contributed by atoms with Gasteiger partial charge in [-0.15, -0.1) is 11.3 Å². The van der Waals surface area contributed by atoms with Gasteiger partial charge in [-0.2, -0.15) is 0 Å². The number of nitrogens with one attached hydrogen (secondary N) is 1. The molecule has 0 atom stereocenters. The Hall–Kier alpha value is -2.22. The summed E-state index contributed by atoms with van der Waals surface area (Å²) >= 11 is 1.26. The topological polar surface area (TPSA) is 84.3 Å². The van der Waals surface area contributed by atoms with Gasteiger partial charge < -0.3 is 10.2 Å². The number of carbonyl (C=O) groups excluding carboxylic acids is 2. The number of carbonyl (C=O) groups is 2. The van der Waals surface area contributed by atoms with E-state index in [0.717, 1.165) is 18.7 Å². The number of hydrogen-bond acceptors (Lipinski definition) is 5. The Kier molecular flexibility index (Phi) is 3.22. The van der Waals surface area contributed by atoms with Gasteiger partial charge in [-0.25, -0.2) is 4.98 Å². The molecule has 23 heavy (non-hydrogen) atoms. The van der Waals surface area contributed by atoms with E-state index in [1.165, 1.54) is 16.2 Å². The van der Waals surface area contributed by atoms with Crippen molar-refractivity contribution in [2.45, 2.75) is 26.3 Å². The van der Waals surface area contributed by atoms with Crippen LogP contribution in [0.25, 0.3) is 10.2 Å². The summed E-state index contributed by atoms with van der Waals surface area (Å²) in [6.07, 6.45) is 1.74. The standard InChI is InChI=1S/C15H16N4O3S/c1-8-11-13(17-9-3-2-5-19(9)14(11)21)23-12(8)15(22)18-6-4-16-10(20)7-18/h2-7H2,1H3,(H,16,20). The molecular weight excluding hydrogens is 316 g/mol. The van der Waals surface area contributed by atoms with E-state index in [4.69, 9.17) is 0 Å². The van der Waals surface area contributed by atoms with Gasteiger partial charge in [-0.3, -0.25) is 19.0 Å². The van der Waals surface area contributed by atoms with E-state index in [0.29, 0.717) is 40.3 Å². The zero-order valence-corrected chi connectivity index (χ0v) is 13.5. The first-order valence-electron chi connectivity index (χ1n) is 7.65. The molecule has 0 saturated carbocycles. The first kappa shape index (κ1) is 14.4. The van der Waals surface area contributed by atoms with Crippen LogP contribution in [-0.2, 0) is 17.8 Å². The van der Waals surface area contributed by atoms with Crippen LogP contribution >= 0.6 is 11.3 Å². The van der Waals surface area contributed by atoms with E-state index in [-0.39, 0.29) is 23.9 Å². The summed E-state index contributed by atoms with van der Waals surface area (Å²) in [6.45, 7) is 3.50. The van der Waals surface area contributed by atoms with Crippen LogP contribution in [-0.4, -0.2) is 45.9 Å². The van der Waals surface area contributed by atoms with Crippen molar-refractivity contribution >= 4 is 33.4 Å². The quantitative estimate of drug-likeness (QED) is 0.813. The molecule has 0 radical (unpaired) electrons. The molecule has 120 valence electrons. The largest absolute Gasteiger partial charge is 0.353 e. The predicted octanol–water partition coefficient (Wildman–Crippen LogP) is 0.285. The van der Waals surface area contributed by atoms with Crippen molar-refractivity contribution in [2.75, 3.05) is 19.6 Å². The lowest BCUT2D eigenvalue weighted by Crippen LogP contribution is -2.49. The van der Waals surface area contributed by atoms with Gasteiger partial charge in [0.1, 0.15) is 10.7 Å². The molecule has 2 aliphatic heterocycles. The maximum Gasteiger partial charge on any atom is 0.264 e. The average Bonchev–Trinajstić information content (AvgIpc) is 3.12. The van der Waals surface area contributed by atoms with Crippen molar-refractivity contribution in [3.05, 3.63) is 26.6 Å². The van der Waals surface area contributed by atoms with Crippen LogP contribution < -0.4 is 10.9 Å². The summed E-state index contributed by atoms with van der Waals surface area (Å²) in [6, 6.07) is 0. The molecule has 4 heterocycles. The van der Waals surface area contributed by atoms with Crippen molar-refractivity contribution in [2.24, 2.45) is 0 Å². The fourth-order valence-electron chi connectivity index (χ4n) is 3.23. The molecule has 8 heteroatoms. The van der Waals surface area contributed by atoms with Crippen molar-refractivity contribution in [3.63, 3.8) is 0 Å². The highest BCUT2D eigenvalue weighted by atomic mass is 32.1. The van der Waals surface area contributed by atoms with Gasteiger partial charge in [0, 0.05) is 26.1 Å². The summed E-state index contributed by atoms with van der Waals surface area (Å²) in [5, 5.41) is 3.25. The second-order valence-corrected chi connectivity index (χ2v) is 6.90. The van der Waals surface area contributed by atoms with Crippen molar-refractivity contribution in [1.82, 2.24) is 19.8 Å². The van der Waals surface area contributed by atoms with Crippen molar-refractivity contribution < 1.29 is 9.59 Å². The molecule has 0 bridgehead atoms. The molecule has 0 aromatic carbocycles. The Labute approximate surface area is 135 Å². The number of nitrogens with zero attached hydrogens (tertiary/aromatic N) is 3. The fraction of sp³-hybridized carbons (Fsp3) is 0.467. The van der Waals surface area contributed by atoms with Gasteiger partial charge in [-0.05, 0) is 18.9 Å². The van der Waals surface area contributed by atoms with Crippen LogP contribution in [0, 0.1) is 6.92 Å². The first-order valence-corrected chi connectivity index (χ1v) is 8.46. The minimum absolute atomic E-state index is 0.0494. The van der Waals surface area contributed by atoms with Crippen LogP contribution in [0.4, 0.5) is 0 Å². The molecule has 1 saturated heterocycles. The van der Waals surface area contributed by atoms with Crippen molar-refractivity contribution in [1.29, 1.82) is 0 Å². The summed E-state index contributed by atoms with van der Waals surface area (Å²) in [7, 11) is 0. The zero-order chi connectivity index (χ0) is 16.1. The van der Waals surface area contributed by atoms with Crippen LogP contribution in [0.1, 0.15) is 27.5 Å². The molecule has 2 aromatic rings. The van der Waals surface area contributed by atoms with Gasteiger partial charge in [0.2, 0.25) is 5.91 Å². The number of aryl methyl sites for hydroxylation is 2. The lowest BCUT2D eigenvalue weighted by Gasteiger charge is -2.26. The molecular formula is C15H16N4O3S. The number of piperazine rings is 1. The Morgan fingerprint density at radius 3 is 2.91 bits per heavy atom. The maximum atomic E-state index is 12.7. The Morgan fingerprint density at radius 1 is 1.30 bits per heavy atom. The average molecular weight is 332 g/mol. The number of thiophene rings is 1. The third-order valence-electron chi connectivity index (χ3n) is 4.43. The van der Waals surface area contributed by atoms with Gasteiger partial charge >= 0.3 is 0 Å². The van der Waals surface area contributed by atoms with Gasteiger partial charge in [0.05, 0.1) is 16.8 Å². The van der Waals surface area contributed by atoms with Crippen LogP contribution in [0.3, 0.4) is 0 Å². The minimum Gasteiger partial charge on any atom is -0.353 e. The van der Waals surface area contributed by atoms with Gasteiger partial charge in [0.15, 0.2) is 0 Å². The second-order valence-electron chi connectivity index (χ2n) is 5.90. The second kappa shape index (κ2) is 5.16. The van der Waals surface area contributed by atoms with E-state index in [9.17, 15) is 14.4 Å². The molecule has 1 fully saturated rings. The third-order valence-corrected chi connectivity index (χ3v) is 5.60. The first-order chi connectivity index (χ1) is 11.1. The number of fused-ring (bicyclic) bond motifs is 2. The molecule has 2 aliphatic rings. The SMILES string of the molecule is Cc1c(C(=O)N2CCNC(=O)C2)sc2nc3n(c(=O)c12)CCC3. The number of hydrogen-bond donors (Lipinski definition) is 1. The van der Waals surface area contributed by atoms with Gasteiger partial charge in [0.25, 0.3) is 11.5 Å². The predicted molar refractivity (Wildman–Crippen MR) is 85.9 cm³/mol. The third kappa shape index (κ3) is 2.16. The fourth-order valence-corrected chi connectivity index (χ4v) is 4.39. The van der Waals surface area contributed by atoms with E-state index < -0.39 is 0 Å². The molecule has 1 N–H and O–H groups in total. The molecule has 7 nitrogen and oxygen atoms in total. The Balaban J connectivity index is 1.81. The zero-order valence-electron chi connectivity index (χ0n) is 12.7. The van der Waals surface area contributed by atoms with E-state index in [1.807, 2.05) is 0 Å². The monoisotopic (exact) mass is 332 g/mol. The van der Waals surface area contributed by atoms with E-state index in [1.54, 1.807) is 11.5 Å². The highest BCUT2D eigenvalue weighted by molar-refractivity contribution is 7.20. The summed E-state index contributed by atoms with van der Waals surface area (Å²) in [4.78, 5) is 44.1. The minimum atomic E-state index is -0.190. The normalized spacial score (nSPS) is 17.4. The number of amides is 2. The van der Waals surface area contributed by atoms with Crippen LogP contribution in [0.5, 0.6) is 0 Å². The highest BCUT2D eigenvalue weighted by Gasteiger charge is 2.28. The van der Waals surface area contributed by atoms with Crippen molar-refractivity contribution in [3.8, 4) is 0 Å². The molecule has 2 aromatic heterocycles. The highest BCUT2D eigenvalue weighted by Crippen LogP contribution is 2.29. The van der Waals surface area contributed by atoms with Gasteiger partial charge in [-0.1, -0.05) is 0 Å². The maximum absolute atomic E-state index is 12.7. The molecule has 2 amide bonds. The molecule has 0 unspecified atom stereocenters. The van der Waals surface area contributed by atoms with E-state index in [2.05, 4.69) is 10.3 Å². The lowest BCUT2D eigenvalue weighted by molar-refractivity contribution is -0.123. The lowest BCUT2D eigenvalue weighted by atomic mass is 10.2. The molecule has 4 rings (SSSR count). The molecule has 0 aliphatic carbocycles. The van der Waals surface area contributed by atoms with Crippen LogP contribution in [0.2, 0.25) is 0 Å². The number of rotatable bonds is 1. The Bertz CT molecular complexity index is 898. The summed E-state index contributed by atoms with van der Waals surface area (Å²) in [5.41, 5.74) is 0.632. The van der Waals surface area contributed by atoms with Crippen LogP contribution in [0.15, 0.2) is 4.79 Å². The molecule has 0 spiro atoms. The Morgan fingerprint density at radius 2 is 2.13 bits per heavy atom. The van der Waals surface area contributed by atoms with E-state index >= 15 is 0 Å². The summed E-state index contributed by atoms with van der Waals surface area (Å²) in [5.74, 6) is 0.463. The smallest absolute Gasteiger partial charge is 0.264 e. The number of aromatic nitrogens is 2. The summed E-state index contributed by atoms with van der Waals surface area (Å²) < 4.78 is 1.71.